The normalized spacial score (nSPS) is 11.9. The van der Waals surface area contributed by atoms with Crippen LogP contribution in [0.25, 0.3) is 11.0 Å². The highest BCUT2D eigenvalue weighted by molar-refractivity contribution is 7.99. The fourth-order valence-corrected chi connectivity index (χ4v) is 6.21. The molecule has 0 aliphatic carbocycles. The molecule has 0 aliphatic heterocycles. The number of carbonyl (C=O) groups excluding carboxylic acids is 1. The molecule has 10 nitrogen and oxygen atoms in total. The molecule has 0 bridgehead atoms. The number of thioether (sulfide) groups is 1. The zero-order valence-corrected chi connectivity index (χ0v) is 26.9. The summed E-state index contributed by atoms with van der Waals surface area (Å²) in [5, 5.41) is 14.4. The van der Waals surface area contributed by atoms with Gasteiger partial charge in [-0.3, -0.25) is 14.4 Å². The van der Waals surface area contributed by atoms with E-state index in [9.17, 15) is 14.7 Å². The molecular formula is C28H43N5O5SSi. The van der Waals surface area contributed by atoms with Gasteiger partial charge in [0.2, 0.25) is 5.95 Å². The fraction of sp³-hybridized carbons (Fsp3) is 0.571. The van der Waals surface area contributed by atoms with Gasteiger partial charge in [0.05, 0.1) is 28.9 Å². The van der Waals surface area contributed by atoms with E-state index in [0.717, 1.165) is 28.6 Å². The predicted molar refractivity (Wildman–Crippen MR) is 163 cm³/mol. The van der Waals surface area contributed by atoms with Crippen LogP contribution in [0.1, 0.15) is 52.4 Å². The Bertz CT molecular complexity index is 1350. The Morgan fingerprint density at radius 1 is 1.15 bits per heavy atom. The van der Waals surface area contributed by atoms with Crippen LogP contribution in [-0.4, -0.2) is 77.2 Å². The van der Waals surface area contributed by atoms with E-state index in [-0.39, 0.29) is 18.2 Å². The van der Waals surface area contributed by atoms with Gasteiger partial charge in [0.25, 0.3) is 5.91 Å². The number of aromatic carboxylic acids is 1. The van der Waals surface area contributed by atoms with Crippen LogP contribution >= 0.6 is 11.8 Å². The lowest BCUT2D eigenvalue weighted by molar-refractivity contribution is 0.0695. The minimum absolute atomic E-state index is 0.0290. The number of hydrogen-bond donors (Lipinski definition) is 1. The van der Waals surface area contributed by atoms with E-state index < -0.39 is 14.0 Å². The molecule has 1 N–H and O–H groups in total. The third-order valence-corrected chi connectivity index (χ3v) is 9.26. The van der Waals surface area contributed by atoms with Gasteiger partial charge < -0.3 is 19.1 Å². The molecule has 0 spiro atoms. The summed E-state index contributed by atoms with van der Waals surface area (Å²) in [4.78, 5) is 33.6. The maximum absolute atomic E-state index is 14.1. The van der Waals surface area contributed by atoms with Gasteiger partial charge >= 0.3 is 5.97 Å². The number of carboxylic acid groups (broad SMARTS) is 1. The zero-order valence-electron chi connectivity index (χ0n) is 25.0. The van der Waals surface area contributed by atoms with Crippen molar-refractivity contribution < 1.29 is 24.2 Å². The van der Waals surface area contributed by atoms with Crippen molar-refractivity contribution in [1.29, 1.82) is 0 Å². The molecule has 1 amide bonds. The molecule has 0 radical (unpaired) electrons. The number of aromatic nitrogens is 4. The van der Waals surface area contributed by atoms with Gasteiger partial charge in [-0.15, -0.1) is 11.8 Å². The Balaban J connectivity index is 2.22. The molecule has 12 heteroatoms. The second-order valence-corrected chi connectivity index (χ2v) is 17.8. The van der Waals surface area contributed by atoms with Crippen molar-refractivity contribution in [2.24, 2.45) is 0 Å². The molecule has 0 saturated heterocycles. The lowest BCUT2D eigenvalue weighted by atomic mass is 10.1. The molecule has 0 fully saturated rings. The van der Waals surface area contributed by atoms with E-state index >= 15 is 0 Å². The van der Waals surface area contributed by atoms with Crippen molar-refractivity contribution in [3.05, 3.63) is 34.6 Å². The number of amides is 1. The molecule has 0 atom stereocenters. The fourth-order valence-electron chi connectivity index (χ4n) is 4.43. The summed E-state index contributed by atoms with van der Waals surface area (Å²) in [6.07, 6.45) is 0.797. The summed E-state index contributed by atoms with van der Waals surface area (Å²) >= 11 is 1.52. The van der Waals surface area contributed by atoms with Gasteiger partial charge in [0.1, 0.15) is 12.4 Å². The number of carbonyl (C=O) groups is 2. The number of ether oxygens (including phenoxy) is 2. The smallest absolute Gasteiger partial charge is 0.336 e. The average Bonchev–Trinajstić information content (AvgIpc) is 3.45. The summed E-state index contributed by atoms with van der Waals surface area (Å²) in [7, 11) is 0.300. The van der Waals surface area contributed by atoms with Gasteiger partial charge in [-0.2, -0.15) is 5.10 Å². The highest BCUT2D eigenvalue weighted by Gasteiger charge is 2.29. The molecule has 3 aromatic rings. The molecule has 40 heavy (non-hydrogen) atoms. The third kappa shape index (κ3) is 7.34. The van der Waals surface area contributed by atoms with Gasteiger partial charge in [0, 0.05) is 45.5 Å². The van der Waals surface area contributed by atoms with Crippen molar-refractivity contribution in [1.82, 2.24) is 19.3 Å². The standard InChI is InChI=1S/C28H43N5O5SSi/c1-9-11-31-25-23(39-14-12-37-5)17-21(27(35)36)20(4)24(25)29-28(31)32(18-38-13-15-40(6,7)8)26(34)22-16-19(3)30-33(22)10-2/h16-17H,9-15,18H2,1-8H3,(H,35,36). The van der Waals surface area contributed by atoms with Crippen LogP contribution in [0, 0.1) is 13.8 Å². The number of fused-ring (bicyclic) bond motifs is 1. The zero-order chi connectivity index (χ0) is 29.6. The number of carboxylic acids is 1. The monoisotopic (exact) mass is 589 g/mol. The second-order valence-electron chi connectivity index (χ2n) is 11.0. The van der Waals surface area contributed by atoms with Gasteiger partial charge in [-0.05, 0) is 50.9 Å². The first-order chi connectivity index (χ1) is 18.9. The summed E-state index contributed by atoms with van der Waals surface area (Å²) in [6.45, 7) is 16.7. The molecule has 3 rings (SSSR count). The van der Waals surface area contributed by atoms with Gasteiger partial charge in [-0.1, -0.05) is 26.6 Å². The summed E-state index contributed by atoms with van der Waals surface area (Å²) in [5.74, 6) is -0.175. The molecule has 2 aromatic heterocycles. The van der Waals surface area contributed by atoms with E-state index in [2.05, 4.69) is 31.7 Å². The molecule has 0 unspecified atom stereocenters. The lowest BCUT2D eigenvalue weighted by Crippen LogP contribution is -2.37. The molecule has 0 aliphatic rings. The van der Waals surface area contributed by atoms with Crippen molar-refractivity contribution in [3.63, 3.8) is 0 Å². The van der Waals surface area contributed by atoms with Crippen molar-refractivity contribution >= 4 is 48.7 Å². The van der Waals surface area contributed by atoms with Gasteiger partial charge in [0.15, 0.2) is 0 Å². The quantitative estimate of drug-likeness (QED) is 0.104. The average molecular weight is 590 g/mol. The van der Waals surface area contributed by atoms with Crippen LogP contribution in [0.3, 0.4) is 0 Å². The van der Waals surface area contributed by atoms with E-state index in [0.29, 0.717) is 54.8 Å². The first-order valence-electron chi connectivity index (χ1n) is 13.8. The van der Waals surface area contributed by atoms with Crippen LogP contribution in [0.2, 0.25) is 25.7 Å². The SMILES string of the molecule is CCCn1c(N(COCC[Si](C)(C)C)C(=O)c2cc(C)nn2CC)nc2c(C)c(C(=O)O)cc(SCCOC)c21. The molecule has 1 aromatic carbocycles. The van der Waals surface area contributed by atoms with Crippen LogP contribution in [0.5, 0.6) is 0 Å². The molecule has 220 valence electrons. The Morgan fingerprint density at radius 3 is 2.48 bits per heavy atom. The number of methoxy groups -OCH3 is 1. The molecule has 0 saturated carbocycles. The summed E-state index contributed by atoms with van der Waals surface area (Å²) < 4.78 is 15.1. The maximum Gasteiger partial charge on any atom is 0.336 e. The minimum Gasteiger partial charge on any atom is -0.478 e. The first-order valence-corrected chi connectivity index (χ1v) is 18.5. The number of rotatable bonds is 15. The van der Waals surface area contributed by atoms with Crippen molar-refractivity contribution in [2.75, 3.05) is 37.7 Å². The Labute approximate surface area is 242 Å². The molecule has 2 heterocycles. The number of hydrogen-bond acceptors (Lipinski definition) is 7. The van der Waals surface area contributed by atoms with Crippen LogP contribution in [-0.2, 0) is 22.6 Å². The lowest BCUT2D eigenvalue weighted by Gasteiger charge is -2.24. The number of aryl methyl sites for hydroxylation is 4. The van der Waals surface area contributed by atoms with Crippen LogP contribution < -0.4 is 4.90 Å². The second kappa shape index (κ2) is 13.8. The van der Waals surface area contributed by atoms with E-state index in [1.807, 2.05) is 18.4 Å². The van der Waals surface area contributed by atoms with Crippen LogP contribution in [0.4, 0.5) is 5.95 Å². The largest absolute Gasteiger partial charge is 0.478 e. The van der Waals surface area contributed by atoms with E-state index in [1.54, 1.807) is 35.7 Å². The first kappa shape index (κ1) is 31.8. The van der Waals surface area contributed by atoms with E-state index in [1.165, 1.54) is 11.8 Å². The maximum atomic E-state index is 14.1. The predicted octanol–water partition coefficient (Wildman–Crippen LogP) is 5.68. The Hall–Kier alpha value is -2.67. The number of benzene rings is 1. The number of anilines is 1. The Kier molecular flexibility index (Phi) is 11.0. The van der Waals surface area contributed by atoms with Crippen molar-refractivity contribution in [3.8, 4) is 0 Å². The summed E-state index contributed by atoms with van der Waals surface area (Å²) in [5.41, 5.74) is 3.37. The number of nitrogens with zero attached hydrogens (tertiary/aromatic N) is 5. The van der Waals surface area contributed by atoms with Crippen molar-refractivity contribution in [2.45, 2.75) is 77.8 Å². The highest BCUT2D eigenvalue weighted by atomic mass is 32.2. The number of imidazole rings is 1. The third-order valence-electron chi connectivity index (χ3n) is 6.56. The van der Waals surface area contributed by atoms with E-state index in [4.69, 9.17) is 14.5 Å². The minimum atomic E-state index is -1.34. The Morgan fingerprint density at radius 2 is 1.88 bits per heavy atom. The summed E-state index contributed by atoms with van der Waals surface area (Å²) in [6, 6.07) is 4.46. The topological polar surface area (TPSA) is 112 Å². The highest BCUT2D eigenvalue weighted by Crippen LogP contribution is 2.36. The van der Waals surface area contributed by atoms with Gasteiger partial charge in [-0.25, -0.2) is 9.78 Å². The van der Waals surface area contributed by atoms with Crippen LogP contribution in [0.15, 0.2) is 17.0 Å². The molecular weight excluding hydrogens is 546 g/mol.